The van der Waals surface area contributed by atoms with Gasteiger partial charge in [0.1, 0.15) is 0 Å². The van der Waals surface area contributed by atoms with Gasteiger partial charge in [-0.25, -0.2) is 9.59 Å². The molecule has 11 heteroatoms. The first-order valence-corrected chi connectivity index (χ1v) is 10.1. The quantitative estimate of drug-likeness (QED) is 0.356. The van der Waals surface area contributed by atoms with Crippen LogP contribution in [0.1, 0.15) is 5.56 Å². The number of esters is 1. The van der Waals surface area contributed by atoms with Crippen molar-refractivity contribution in [1.82, 2.24) is 0 Å². The number of nitrogens with zero attached hydrogens (tertiary/aromatic N) is 1. The van der Waals surface area contributed by atoms with Crippen LogP contribution in [0.5, 0.6) is 5.75 Å². The van der Waals surface area contributed by atoms with Gasteiger partial charge in [0, 0.05) is 11.8 Å². The van der Waals surface area contributed by atoms with E-state index in [1.807, 2.05) is 0 Å². The lowest BCUT2D eigenvalue weighted by molar-refractivity contribution is -0.202. The monoisotopic (exact) mass is 501 g/mol. The summed E-state index contributed by atoms with van der Waals surface area (Å²) in [6.45, 7) is 0. The van der Waals surface area contributed by atoms with E-state index >= 15 is 0 Å². The Kier molecular flexibility index (Phi) is 7.24. The molecule has 0 bridgehead atoms. The molecule has 174 valence electrons. The molecule has 1 atom stereocenters. The van der Waals surface area contributed by atoms with Crippen LogP contribution in [0.25, 0.3) is 10.8 Å². The Labute approximate surface area is 196 Å². The fraction of sp³-hybridized carbons (Fsp3) is 0.182. The van der Waals surface area contributed by atoms with Gasteiger partial charge in [0.2, 0.25) is 0 Å². The number of benzene rings is 3. The van der Waals surface area contributed by atoms with Crippen LogP contribution in [0.15, 0.2) is 54.6 Å². The number of methoxy groups -OCH3 is 1. The van der Waals surface area contributed by atoms with Gasteiger partial charge in [0.05, 0.1) is 22.8 Å². The maximum Gasteiger partial charge on any atom is 0.493 e. The lowest BCUT2D eigenvalue weighted by Crippen LogP contribution is -2.47. The van der Waals surface area contributed by atoms with Crippen LogP contribution < -0.4 is 5.06 Å². The van der Waals surface area contributed by atoms with E-state index in [4.69, 9.17) is 32.8 Å². The number of halogens is 5. The van der Waals surface area contributed by atoms with E-state index in [1.54, 1.807) is 30.3 Å². The number of hydrogen-bond acceptors (Lipinski definition) is 6. The summed E-state index contributed by atoms with van der Waals surface area (Å²) in [5, 5.41) is 11.1. The summed E-state index contributed by atoms with van der Waals surface area (Å²) in [5.74, 6) is -3.91. The minimum Gasteiger partial charge on any atom is -0.505 e. The lowest BCUT2D eigenvalue weighted by atomic mass is 10.0. The Morgan fingerprint density at radius 3 is 2.27 bits per heavy atom. The van der Waals surface area contributed by atoms with Crippen LogP contribution >= 0.6 is 23.2 Å². The molecule has 0 aliphatic rings. The largest absolute Gasteiger partial charge is 0.505 e. The van der Waals surface area contributed by atoms with Crippen molar-refractivity contribution >= 4 is 51.6 Å². The first kappa shape index (κ1) is 24.5. The zero-order valence-corrected chi connectivity index (χ0v) is 18.4. The Morgan fingerprint density at radius 1 is 1.06 bits per heavy atom. The van der Waals surface area contributed by atoms with Gasteiger partial charge in [-0.15, -0.1) is 0 Å². The fourth-order valence-electron chi connectivity index (χ4n) is 3.18. The van der Waals surface area contributed by atoms with Crippen LogP contribution in [-0.4, -0.2) is 36.4 Å². The highest BCUT2D eigenvalue weighted by Gasteiger charge is 2.45. The summed E-state index contributed by atoms with van der Waals surface area (Å²) >= 11 is 11.9. The zero-order chi connectivity index (χ0) is 24.3. The number of hydrogen-bond donors (Lipinski definition) is 1. The molecular weight excluding hydrogens is 486 g/mol. The lowest BCUT2D eigenvalue weighted by Gasteiger charge is -2.31. The molecule has 0 saturated heterocycles. The van der Waals surface area contributed by atoms with E-state index in [0.717, 1.165) is 7.11 Å². The van der Waals surface area contributed by atoms with Gasteiger partial charge >= 0.3 is 18.1 Å². The van der Waals surface area contributed by atoms with E-state index in [0.29, 0.717) is 15.8 Å². The Bertz CT molecular complexity index is 1170. The molecule has 0 heterocycles. The zero-order valence-electron chi connectivity index (χ0n) is 16.9. The van der Waals surface area contributed by atoms with Gasteiger partial charge in [-0.3, -0.25) is 0 Å². The first-order chi connectivity index (χ1) is 15.5. The fourth-order valence-corrected chi connectivity index (χ4v) is 3.71. The van der Waals surface area contributed by atoms with Crippen molar-refractivity contribution in [2.24, 2.45) is 0 Å². The van der Waals surface area contributed by atoms with Crippen LogP contribution in [0.3, 0.4) is 0 Å². The summed E-state index contributed by atoms with van der Waals surface area (Å²) in [6, 6.07) is 12.3. The number of ether oxygens (including phenoxy) is 1. The van der Waals surface area contributed by atoms with Crippen molar-refractivity contribution in [3.8, 4) is 5.75 Å². The molecule has 33 heavy (non-hydrogen) atoms. The number of carbonyl (C=O) groups excluding carboxylic acids is 2. The standard InChI is InChI=1S/C22H16Cl2F3NO5/c1-32-20(30)18(11-12-9-15(23)19(29)16(24)10-12)28(33-21(31)22(25,26)27)17-8-4-6-13-5-2-3-7-14(13)17/h2-10,18,29H,11H2,1H3/t18-/m0/s1. The summed E-state index contributed by atoms with van der Waals surface area (Å²) in [6.07, 6.45) is -5.64. The number of fused-ring (bicyclic) bond motifs is 1. The van der Waals surface area contributed by atoms with E-state index in [-0.39, 0.29) is 27.7 Å². The molecule has 3 aromatic carbocycles. The molecule has 3 aromatic rings. The third-order valence-corrected chi connectivity index (χ3v) is 5.26. The predicted octanol–water partition coefficient (Wildman–Crippen LogP) is 5.46. The molecule has 0 fully saturated rings. The van der Waals surface area contributed by atoms with Crippen LogP contribution in [0.2, 0.25) is 10.0 Å². The maximum absolute atomic E-state index is 13.1. The molecule has 0 aromatic heterocycles. The van der Waals surface area contributed by atoms with E-state index in [1.165, 1.54) is 24.3 Å². The van der Waals surface area contributed by atoms with Gasteiger partial charge in [0.25, 0.3) is 0 Å². The Balaban J connectivity index is 2.15. The summed E-state index contributed by atoms with van der Waals surface area (Å²) in [4.78, 5) is 29.2. The Morgan fingerprint density at radius 2 is 1.67 bits per heavy atom. The first-order valence-electron chi connectivity index (χ1n) is 9.33. The third kappa shape index (κ3) is 5.43. The van der Waals surface area contributed by atoms with Crippen molar-refractivity contribution in [3.05, 3.63) is 70.2 Å². The average Bonchev–Trinajstić information content (AvgIpc) is 2.78. The summed E-state index contributed by atoms with van der Waals surface area (Å²) in [5.41, 5.74) is 0.295. The molecule has 0 saturated carbocycles. The van der Waals surface area contributed by atoms with Crippen LogP contribution in [0.4, 0.5) is 18.9 Å². The molecule has 1 N–H and O–H groups in total. The van der Waals surface area contributed by atoms with Gasteiger partial charge in [-0.1, -0.05) is 59.6 Å². The second kappa shape index (κ2) is 9.76. The molecule has 0 aliphatic carbocycles. The Hall–Kier alpha value is -3.17. The molecule has 0 radical (unpaired) electrons. The van der Waals surface area contributed by atoms with Crippen molar-refractivity contribution < 1.29 is 37.4 Å². The van der Waals surface area contributed by atoms with Gasteiger partial charge in [-0.05, 0) is 29.1 Å². The number of anilines is 1. The molecule has 0 spiro atoms. The molecule has 0 amide bonds. The smallest absolute Gasteiger partial charge is 0.493 e. The SMILES string of the molecule is COC(=O)[C@H](Cc1cc(Cl)c(O)c(Cl)c1)N(OC(=O)C(F)(F)F)c1cccc2ccccc12. The normalized spacial score (nSPS) is 12.3. The summed E-state index contributed by atoms with van der Waals surface area (Å²) in [7, 11) is 1.04. The summed E-state index contributed by atoms with van der Waals surface area (Å²) < 4.78 is 44.0. The molecule has 6 nitrogen and oxygen atoms in total. The topological polar surface area (TPSA) is 76.1 Å². The second-order valence-electron chi connectivity index (χ2n) is 6.85. The van der Waals surface area contributed by atoms with Crippen molar-refractivity contribution in [2.45, 2.75) is 18.6 Å². The van der Waals surface area contributed by atoms with Crippen molar-refractivity contribution in [1.29, 1.82) is 0 Å². The number of phenols is 1. The number of carbonyl (C=O) groups is 2. The van der Waals surface area contributed by atoms with Crippen LogP contribution in [0, 0.1) is 0 Å². The van der Waals surface area contributed by atoms with Crippen molar-refractivity contribution in [3.63, 3.8) is 0 Å². The number of alkyl halides is 3. The number of aromatic hydroxyl groups is 1. The van der Waals surface area contributed by atoms with E-state index in [9.17, 15) is 27.9 Å². The predicted molar refractivity (Wildman–Crippen MR) is 116 cm³/mol. The average molecular weight is 502 g/mol. The molecule has 3 rings (SSSR count). The minimum absolute atomic E-state index is 0.0251. The number of phenolic OH excluding ortho intramolecular Hbond substituents is 1. The van der Waals surface area contributed by atoms with Gasteiger partial charge in [0.15, 0.2) is 11.8 Å². The van der Waals surface area contributed by atoms with E-state index in [2.05, 4.69) is 0 Å². The highest BCUT2D eigenvalue weighted by atomic mass is 35.5. The highest BCUT2D eigenvalue weighted by Crippen LogP contribution is 2.35. The third-order valence-electron chi connectivity index (χ3n) is 4.68. The molecule has 0 unspecified atom stereocenters. The van der Waals surface area contributed by atoms with Crippen molar-refractivity contribution in [2.75, 3.05) is 12.2 Å². The van der Waals surface area contributed by atoms with Crippen LogP contribution in [-0.2, 0) is 25.6 Å². The second-order valence-corrected chi connectivity index (χ2v) is 7.67. The highest BCUT2D eigenvalue weighted by molar-refractivity contribution is 6.37. The van der Waals surface area contributed by atoms with Gasteiger partial charge in [-0.2, -0.15) is 18.2 Å². The number of hydroxylamine groups is 1. The van der Waals surface area contributed by atoms with Gasteiger partial charge < -0.3 is 14.7 Å². The number of rotatable bonds is 6. The minimum atomic E-state index is -5.32. The maximum atomic E-state index is 13.1. The molecular formula is C22H16Cl2F3NO5. The molecule has 0 aliphatic heterocycles. The van der Waals surface area contributed by atoms with E-state index < -0.39 is 29.9 Å².